The van der Waals surface area contributed by atoms with E-state index >= 15 is 0 Å². The normalized spacial score (nSPS) is 26.4. The molecule has 0 radical (unpaired) electrons. The molecule has 0 saturated carbocycles. The van der Waals surface area contributed by atoms with E-state index in [4.69, 9.17) is 0 Å². The smallest absolute Gasteiger partial charge is 0.207 e. The maximum Gasteiger partial charge on any atom is 0.243 e. The van der Waals surface area contributed by atoms with Crippen LogP contribution in [0.15, 0.2) is 35.2 Å². The largest absolute Gasteiger partial charge is 0.243 e. The molecule has 1 aromatic carbocycles. The molecule has 0 N–H and O–H groups in total. The van der Waals surface area contributed by atoms with Crippen LogP contribution in [0.3, 0.4) is 0 Å². The lowest BCUT2D eigenvalue weighted by atomic mass is 9.91. The van der Waals surface area contributed by atoms with Crippen molar-refractivity contribution in [2.75, 3.05) is 6.54 Å². The van der Waals surface area contributed by atoms with Crippen LogP contribution in [0.5, 0.6) is 0 Å². The molecule has 0 spiro atoms. The van der Waals surface area contributed by atoms with Crippen molar-refractivity contribution in [3.63, 3.8) is 0 Å². The Balaban J connectivity index is 2.23. The zero-order valence-electron chi connectivity index (χ0n) is 9.63. The van der Waals surface area contributed by atoms with E-state index in [0.29, 0.717) is 17.4 Å². The van der Waals surface area contributed by atoms with Crippen molar-refractivity contribution in [1.29, 1.82) is 0 Å². The third-order valence-electron chi connectivity index (χ3n) is 3.43. The van der Waals surface area contributed by atoms with E-state index in [1.807, 2.05) is 13.0 Å². The van der Waals surface area contributed by atoms with Crippen molar-refractivity contribution in [1.82, 2.24) is 4.31 Å². The average molecular weight is 239 g/mol. The summed E-state index contributed by atoms with van der Waals surface area (Å²) in [6.07, 6.45) is 1.04. The van der Waals surface area contributed by atoms with Crippen molar-refractivity contribution in [3.05, 3.63) is 30.3 Å². The molecule has 1 aliphatic rings. The van der Waals surface area contributed by atoms with Gasteiger partial charge < -0.3 is 0 Å². The van der Waals surface area contributed by atoms with E-state index < -0.39 is 10.0 Å². The predicted octanol–water partition coefficient (Wildman–Crippen LogP) is 2.11. The van der Waals surface area contributed by atoms with Gasteiger partial charge in [-0.05, 0) is 25.0 Å². The summed E-state index contributed by atoms with van der Waals surface area (Å²) in [7, 11) is -3.26. The van der Waals surface area contributed by atoms with Crippen LogP contribution in [0.4, 0.5) is 0 Å². The molecule has 1 fully saturated rings. The average Bonchev–Trinajstić information content (AvgIpc) is 2.28. The first-order chi connectivity index (χ1) is 7.57. The first-order valence-electron chi connectivity index (χ1n) is 5.64. The molecule has 2 rings (SSSR count). The summed E-state index contributed by atoms with van der Waals surface area (Å²) in [5, 5.41) is 0. The number of nitrogens with zero attached hydrogens (tertiary/aromatic N) is 1. The monoisotopic (exact) mass is 239 g/mol. The molecule has 1 heterocycles. The van der Waals surface area contributed by atoms with Crippen molar-refractivity contribution in [2.24, 2.45) is 5.92 Å². The minimum atomic E-state index is -3.26. The van der Waals surface area contributed by atoms with Crippen LogP contribution >= 0.6 is 0 Å². The van der Waals surface area contributed by atoms with Gasteiger partial charge in [-0.3, -0.25) is 0 Å². The van der Waals surface area contributed by atoms with Crippen LogP contribution in [0.25, 0.3) is 0 Å². The van der Waals surface area contributed by atoms with Gasteiger partial charge in [0, 0.05) is 12.6 Å². The standard InChI is InChI=1S/C12H17NO2S/c1-3-11-9-13(10(11)2)16(14,15)12-7-5-4-6-8-12/h4-8,10-11H,3,9H2,1-2H3. The predicted molar refractivity (Wildman–Crippen MR) is 63.6 cm³/mol. The van der Waals surface area contributed by atoms with Crippen molar-refractivity contribution in [3.8, 4) is 0 Å². The highest BCUT2D eigenvalue weighted by atomic mass is 32.2. The molecule has 16 heavy (non-hydrogen) atoms. The van der Waals surface area contributed by atoms with E-state index in [-0.39, 0.29) is 6.04 Å². The molecule has 4 heteroatoms. The Hall–Kier alpha value is -0.870. The van der Waals surface area contributed by atoms with E-state index in [9.17, 15) is 8.42 Å². The number of benzene rings is 1. The van der Waals surface area contributed by atoms with Gasteiger partial charge >= 0.3 is 0 Å². The summed E-state index contributed by atoms with van der Waals surface area (Å²) in [5.74, 6) is 0.512. The van der Waals surface area contributed by atoms with Crippen LogP contribution in [0.1, 0.15) is 20.3 Å². The lowest BCUT2D eigenvalue weighted by molar-refractivity contribution is 0.113. The van der Waals surface area contributed by atoms with Gasteiger partial charge in [-0.25, -0.2) is 8.42 Å². The van der Waals surface area contributed by atoms with Gasteiger partial charge in [0.05, 0.1) is 4.90 Å². The summed E-state index contributed by atoms with van der Waals surface area (Å²) < 4.78 is 26.0. The van der Waals surface area contributed by atoms with Gasteiger partial charge in [-0.15, -0.1) is 0 Å². The number of hydrogen-bond acceptors (Lipinski definition) is 2. The molecule has 1 aromatic rings. The van der Waals surface area contributed by atoms with Gasteiger partial charge in [0.1, 0.15) is 0 Å². The molecular weight excluding hydrogens is 222 g/mol. The van der Waals surface area contributed by atoms with Crippen molar-refractivity contribution < 1.29 is 8.42 Å². The zero-order chi connectivity index (χ0) is 11.8. The quantitative estimate of drug-likeness (QED) is 0.810. The lowest BCUT2D eigenvalue weighted by Gasteiger charge is -2.44. The third kappa shape index (κ3) is 1.76. The first-order valence-corrected chi connectivity index (χ1v) is 7.08. The summed E-state index contributed by atoms with van der Waals surface area (Å²) in [5.41, 5.74) is 0. The third-order valence-corrected chi connectivity index (χ3v) is 5.39. The Bertz CT molecular complexity index is 455. The Morgan fingerprint density at radius 2 is 1.94 bits per heavy atom. The molecule has 3 nitrogen and oxygen atoms in total. The zero-order valence-corrected chi connectivity index (χ0v) is 10.4. The van der Waals surface area contributed by atoms with E-state index in [0.717, 1.165) is 6.42 Å². The van der Waals surface area contributed by atoms with E-state index in [1.54, 1.807) is 28.6 Å². The summed E-state index contributed by atoms with van der Waals surface area (Å²) in [6, 6.07) is 8.79. The molecular formula is C12H17NO2S. The van der Waals surface area contributed by atoms with E-state index in [1.165, 1.54) is 0 Å². The van der Waals surface area contributed by atoms with Crippen molar-refractivity contribution >= 4 is 10.0 Å². The Labute approximate surface area is 97.1 Å². The van der Waals surface area contributed by atoms with Crippen LogP contribution in [0, 0.1) is 5.92 Å². The molecule has 1 aliphatic heterocycles. The Morgan fingerprint density at radius 3 is 2.44 bits per heavy atom. The van der Waals surface area contributed by atoms with E-state index in [2.05, 4.69) is 6.92 Å². The molecule has 0 aromatic heterocycles. The fraction of sp³-hybridized carbons (Fsp3) is 0.500. The second-order valence-electron chi connectivity index (χ2n) is 4.30. The second kappa shape index (κ2) is 4.18. The summed E-state index contributed by atoms with van der Waals surface area (Å²) in [4.78, 5) is 0.399. The fourth-order valence-corrected chi connectivity index (χ4v) is 3.93. The minimum Gasteiger partial charge on any atom is -0.207 e. The maximum atomic E-state index is 12.2. The topological polar surface area (TPSA) is 37.4 Å². The molecule has 0 bridgehead atoms. The number of sulfonamides is 1. The molecule has 1 saturated heterocycles. The summed E-state index contributed by atoms with van der Waals surface area (Å²) >= 11 is 0. The van der Waals surface area contributed by atoms with Crippen LogP contribution in [-0.4, -0.2) is 25.3 Å². The highest BCUT2D eigenvalue weighted by Gasteiger charge is 2.42. The Kier molecular flexibility index (Phi) is 3.04. The number of rotatable bonds is 3. The number of hydrogen-bond donors (Lipinski definition) is 0. The molecule has 0 amide bonds. The molecule has 88 valence electrons. The van der Waals surface area contributed by atoms with Gasteiger partial charge in [0.15, 0.2) is 0 Å². The van der Waals surface area contributed by atoms with Gasteiger partial charge in [0.2, 0.25) is 10.0 Å². The molecule has 0 aliphatic carbocycles. The highest BCUT2D eigenvalue weighted by molar-refractivity contribution is 7.89. The maximum absolute atomic E-state index is 12.2. The van der Waals surface area contributed by atoms with Gasteiger partial charge in [-0.2, -0.15) is 4.31 Å². The van der Waals surface area contributed by atoms with Crippen LogP contribution in [-0.2, 0) is 10.0 Å². The van der Waals surface area contributed by atoms with Gasteiger partial charge in [0.25, 0.3) is 0 Å². The molecule has 2 atom stereocenters. The molecule has 2 unspecified atom stereocenters. The Morgan fingerprint density at radius 1 is 1.31 bits per heavy atom. The fourth-order valence-electron chi connectivity index (χ4n) is 2.16. The van der Waals surface area contributed by atoms with Crippen molar-refractivity contribution in [2.45, 2.75) is 31.2 Å². The van der Waals surface area contributed by atoms with Crippen LogP contribution in [0.2, 0.25) is 0 Å². The summed E-state index contributed by atoms with van der Waals surface area (Å²) in [6.45, 7) is 4.75. The second-order valence-corrected chi connectivity index (χ2v) is 6.19. The van der Waals surface area contributed by atoms with Crippen LogP contribution < -0.4 is 0 Å². The minimum absolute atomic E-state index is 0.134. The van der Waals surface area contributed by atoms with Gasteiger partial charge in [-0.1, -0.05) is 31.5 Å². The lowest BCUT2D eigenvalue weighted by Crippen LogP contribution is -2.56. The SMILES string of the molecule is CCC1CN(S(=O)(=O)c2ccccc2)C1C. The highest BCUT2D eigenvalue weighted by Crippen LogP contribution is 2.32. The first kappa shape index (κ1) is 11.6.